The molecule has 0 atom stereocenters. The molecule has 1 heterocycles. The fraction of sp³-hybridized carbons (Fsp3) is 1.00. The summed E-state index contributed by atoms with van der Waals surface area (Å²) in [6.45, 7) is 12.1. The van der Waals surface area contributed by atoms with E-state index in [-0.39, 0.29) is 0 Å². The van der Waals surface area contributed by atoms with Crippen LogP contribution in [0.5, 0.6) is 0 Å². The summed E-state index contributed by atoms with van der Waals surface area (Å²) >= 11 is 0. The first-order valence-corrected chi connectivity index (χ1v) is 8.06. The Morgan fingerprint density at radius 1 is 1.11 bits per heavy atom. The monoisotopic (exact) mass is 252 g/mol. The van der Waals surface area contributed by atoms with Crippen LogP contribution in [0.15, 0.2) is 0 Å². The van der Waals surface area contributed by atoms with Crippen molar-refractivity contribution < 1.29 is 0 Å². The SMILES string of the molecule is CCC1CCC(CN2CCCNC(C)(C)C2)CC1. The third-order valence-corrected chi connectivity index (χ3v) is 4.93. The molecule has 0 spiro atoms. The van der Waals surface area contributed by atoms with Gasteiger partial charge in [0.15, 0.2) is 0 Å². The van der Waals surface area contributed by atoms with E-state index in [1.54, 1.807) is 0 Å². The average molecular weight is 252 g/mol. The van der Waals surface area contributed by atoms with Gasteiger partial charge in [-0.25, -0.2) is 0 Å². The molecule has 18 heavy (non-hydrogen) atoms. The zero-order valence-electron chi connectivity index (χ0n) is 12.7. The molecule has 2 fully saturated rings. The standard InChI is InChI=1S/C16H32N2/c1-4-14-6-8-15(9-7-14)12-18-11-5-10-17-16(2,3)13-18/h14-15,17H,4-13H2,1-3H3. The van der Waals surface area contributed by atoms with E-state index in [9.17, 15) is 0 Å². The topological polar surface area (TPSA) is 15.3 Å². The molecule has 0 bridgehead atoms. The Hall–Kier alpha value is -0.0800. The van der Waals surface area contributed by atoms with E-state index in [2.05, 4.69) is 31.0 Å². The Morgan fingerprint density at radius 3 is 2.44 bits per heavy atom. The van der Waals surface area contributed by atoms with E-state index in [1.807, 2.05) is 0 Å². The van der Waals surface area contributed by atoms with Gasteiger partial charge in [-0.3, -0.25) is 0 Å². The van der Waals surface area contributed by atoms with Gasteiger partial charge in [0.2, 0.25) is 0 Å². The molecule has 0 aromatic carbocycles. The van der Waals surface area contributed by atoms with Crippen molar-refractivity contribution in [1.82, 2.24) is 10.2 Å². The van der Waals surface area contributed by atoms with Gasteiger partial charge in [-0.15, -0.1) is 0 Å². The zero-order valence-corrected chi connectivity index (χ0v) is 12.7. The van der Waals surface area contributed by atoms with Gasteiger partial charge in [0, 0.05) is 18.6 Å². The minimum atomic E-state index is 0.303. The number of hydrogen-bond donors (Lipinski definition) is 1. The molecule has 2 nitrogen and oxygen atoms in total. The molecule has 1 saturated heterocycles. The van der Waals surface area contributed by atoms with Crippen LogP contribution in [0.2, 0.25) is 0 Å². The summed E-state index contributed by atoms with van der Waals surface area (Å²) in [5.41, 5.74) is 0.303. The van der Waals surface area contributed by atoms with E-state index in [0.717, 1.165) is 11.8 Å². The molecule has 0 aromatic heterocycles. The normalized spacial score (nSPS) is 34.2. The number of nitrogens with one attached hydrogen (secondary N) is 1. The van der Waals surface area contributed by atoms with Crippen LogP contribution in [0, 0.1) is 11.8 Å². The minimum Gasteiger partial charge on any atom is -0.310 e. The Morgan fingerprint density at radius 2 is 1.78 bits per heavy atom. The maximum atomic E-state index is 3.66. The molecular formula is C16H32N2. The van der Waals surface area contributed by atoms with Gasteiger partial charge in [0.1, 0.15) is 0 Å². The maximum Gasteiger partial charge on any atom is 0.0252 e. The van der Waals surface area contributed by atoms with Crippen LogP contribution in [0.4, 0.5) is 0 Å². The van der Waals surface area contributed by atoms with Crippen molar-refractivity contribution in [3.8, 4) is 0 Å². The number of rotatable bonds is 3. The van der Waals surface area contributed by atoms with Gasteiger partial charge in [-0.1, -0.05) is 26.2 Å². The number of hydrogen-bond acceptors (Lipinski definition) is 2. The summed E-state index contributed by atoms with van der Waals surface area (Å²) in [6, 6.07) is 0. The van der Waals surface area contributed by atoms with E-state index >= 15 is 0 Å². The third kappa shape index (κ3) is 4.24. The molecule has 2 aliphatic rings. The van der Waals surface area contributed by atoms with Crippen LogP contribution >= 0.6 is 0 Å². The largest absolute Gasteiger partial charge is 0.310 e. The first-order valence-electron chi connectivity index (χ1n) is 8.06. The number of nitrogens with zero attached hydrogens (tertiary/aromatic N) is 1. The van der Waals surface area contributed by atoms with Gasteiger partial charge in [-0.2, -0.15) is 0 Å². The van der Waals surface area contributed by atoms with Crippen molar-refractivity contribution in [1.29, 1.82) is 0 Å². The second-order valence-electron chi connectivity index (χ2n) is 7.19. The minimum absolute atomic E-state index is 0.303. The molecule has 106 valence electrons. The predicted molar refractivity (Wildman–Crippen MR) is 78.9 cm³/mol. The van der Waals surface area contributed by atoms with E-state index in [0.29, 0.717) is 5.54 Å². The molecule has 0 aromatic rings. The van der Waals surface area contributed by atoms with Crippen molar-refractivity contribution in [2.75, 3.05) is 26.2 Å². The summed E-state index contributed by atoms with van der Waals surface area (Å²) in [7, 11) is 0. The van der Waals surface area contributed by atoms with Crippen molar-refractivity contribution in [2.45, 2.75) is 64.8 Å². The van der Waals surface area contributed by atoms with Crippen LogP contribution in [0.25, 0.3) is 0 Å². The Kier molecular flexibility index (Phi) is 5.08. The Bertz CT molecular complexity index is 241. The van der Waals surface area contributed by atoms with E-state index in [4.69, 9.17) is 0 Å². The molecule has 0 unspecified atom stereocenters. The van der Waals surface area contributed by atoms with Crippen LogP contribution < -0.4 is 5.32 Å². The zero-order chi connectivity index (χ0) is 13.0. The third-order valence-electron chi connectivity index (χ3n) is 4.93. The molecule has 0 amide bonds. The van der Waals surface area contributed by atoms with Crippen LogP contribution in [-0.2, 0) is 0 Å². The molecule has 1 N–H and O–H groups in total. The lowest BCUT2D eigenvalue weighted by Crippen LogP contribution is -2.47. The summed E-state index contributed by atoms with van der Waals surface area (Å²) < 4.78 is 0. The van der Waals surface area contributed by atoms with Crippen LogP contribution in [-0.4, -0.2) is 36.6 Å². The lowest BCUT2D eigenvalue weighted by atomic mass is 9.80. The second-order valence-corrected chi connectivity index (χ2v) is 7.19. The highest BCUT2D eigenvalue weighted by atomic mass is 15.2. The maximum absolute atomic E-state index is 3.66. The highest BCUT2D eigenvalue weighted by molar-refractivity contribution is 4.86. The lowest BCUT2D eigenvalue weighted by Gasteiger charge is -2.35. The van der Waals surface area contributed by atoms with Crippen molar-refractivity contribution >= 4 is 0 Å². The van der Waals surface area contributed by atoms with Gasteiger partial charge in [0.05, 0.1) is 0 Å². The Balaban J connectivity index is 1.78. The van der Waals surface area contributed by atoms with Gasteiger partial charge in [0.25, 0.3) is 0 Å². The van der Waals surface area contributed by atoms with Crippen molar-refractivity contribution in [3.63, 3.8) is 0 Å². The highest BCUT2D eigenvalue weighted by Crippen LogP contribution is 2.31. The fourth-order valence-electron chi connectivity index (χ4n) is 3.77. The van der Waals surface area contributed by atoms with E-state index in [1.165, 1.54) is 64.7 Å². The van der Waals surface area contributed by atoms with Crippen molar-refractivity contribution in [2.24, 2.45) is 11.8 Å². The second kappa shape index (κ2) is 6.38. The summed E-state index contributed by atoms with van der Waals surface area (Å²) in [4.78, 5) is 2.72. The van der Waals surface area contributed by atoms with Gasteiger partial charge in [-0.05, 0) is 58.0 Å². The van der Waals surface area contributed by atoms with Crippen LogP contribution in [0.3, 0.4) is 0 Å². The molecule has 2 heteroatoms. The highest BCUT2D eigenvalue weighted by Gasteiger charge is 2.27. The molecule has 1 saturated carbocycles. The summed E-state index contributed by atoms with van der Waals surface area (Å²) in [5, 5.41) is 3.66. The molecule has 2 rings (SSSR count). The molecule has 1 aliphatic carbocycles. The summed E-state index contributed by atoms with van der Waals surface area (Å²) in [6.07, 6.45) is 8.63. The van der Waals surface area contributed by atoms with Gasteiger partial charge >= 0.3 is 0 Å². The molecule has 1 aliphatic heterocycles. The van der Waals surface area contributed by atoms with E-state index < -0.39 is 0 Å². The van der Waals surface area contributed by atoms with Crippen LogP contribution in [0.1, 0.15) is 59.3 Å². The van der Waals surface area contributed by atoms with Gasteiger partial charge < -0.3 is 10.2 Å². The molecule has 0 radical (unpaired) electrons. The molecular weight excluding hydrogens is 220 g/mol. The Labute approximate surface area is 114 Å². The quantitative estimate of drug-likeness (QED) is 0.829. The lowest BCUT2D eigenvalue weighted by molar-refractivity contribution is 0.162. The average Bonchev–Trinajstić information content (AvgIpc) is 2.51. The fourth-order valence-corrected chi connectivity index (χ4v) is 3.77. The first kappa shape index (κ1) is 14.3. The summed E-state index contributed by atoms with van der Waals surface area (Å²) in [5.74, 6) is 2.00. The van der Waals surface area contributed by atoms with Crippen molar-refractivity contribution in [3.05, 3.63) is 0 Å². The first-order chi connectivity index (χ1) is 8.59. The smallest absolute Gasteiger partial charge is 0.0252 e. The predicted octanol–water partition coefficient (Wildman–Crippen LogP) is 3.28.